The number of ether oxygens (including phenoxy) is 5. The number of nitrogens with one attached hydrogen (secondary N) is 1. The first-order chi connectivity index (χ1) is 16.5. The van der Waals surface area contributed by atoms with Crippen LogP contribution in [0.5, 0.6) is 5.75 Å². The molecule has 180 valence electrons. The maximum atomic E-state index is 12.5. The van der Waals surface area contributed by atoms with Crippen molar-refractivity contribution in [2.24, 2.45) is 0 Å². The summed E-state index contributed by atoms with van der Waals surface area (Å²) in [7, 11) is 0. The maximum Gasteiger partial charge on any atom is 0.413 e. The van der Waals surface area contributed by atoms with Gasteiger partial charge in [-0.25, -0.2) is 4.79 Å². The number of nitro benzene ring substituents is 1. The van der Waals surface area contributed by atoms with Crippen molar-refractivity contribution in [3.8, 4) is 5.75 Å². The number of aliphatic hydroxyl groups excluding tert-OH is 1. The van der Waals surface area contributed by atoms with Gasteiger partial charge in [0.05, 0.1) is 18.1 Å². The highest BCUT2D eigenvalue weighted by Gasteiger charge is 2.50. The molecule has 2 fully saturated rings. The normalized spacial score (nSPS) is 28.4. The molecule has 1 amide bonds. The molecule has 2 aromatic rings. The number of hydrogen-bond acceptors (Lipinski definition) is 9. The summed E-state index contributed by atoms with van der Waals surface area (Å²) in [6.07, 6.45) is -3.79. The lowest BCUT2D eigenvalue weighted by atomic mass is 9.96. The lowest BCUT2D eigenvalue weighted by Gasteiger charge is -2.47. The molecule has 0 aliphatic carbocycles. The first-order valence-electron chi connectivity index (χ1n) is 10.6. The molecular weight excluding hydrogens is 448 g/mol. The molecule has 2 saturated heterocycles. The summed E-state index contributed by atoms with van der Waals surface area (Å²) in [6.45, 7) is 3.86. The van der Waals surface area contributed by atoms with E-state index in [0.717, 1.165) is 5.56 Å². The number of carbonyl (C=O) groups excluding carboxylic acids is 1. The van der Waals surface area contributed by atoms with Crippen LogP contribution in [0.1, 0.15) is 11.9 Å². The van der Waals surface area contributed by atoms with Crippen molar-refractivity contribution in [2.45, 2.75) is 36.9 Å². The van der Waals surface area contributed by atoms with Gasteiger partial charge in [-0.05, 0) is 12.1 Å². The molecule has 2 aromatic carbocycles. The molecule has 6 atom stereocenters. The predicted molar refractivity (Wildman–Crippen MR) is 117 cm³/mol. The molecule has 1 unspecified atom stereocenters. The van der Waals surface area contributed by atoms with Crippen LogP contribution in [-0.4, -0.2) is 60.0 Å². The lowest BCUT2D eigenvalue weighted by Crippen LogP contribution is -2.67. The Balaban J connectivity index is 1.46. The number of hydrogen-bond donors (Lipinski definition) is 2. The summed E-state index contributed by atoms with van der Waals surface area (Å²) in [5.41, 5.74) is 0.637. The molecule has 0 bridgehead atoms. The molecule has 11 nitrogen and oxygen atoms in total. The lowest BCUT2D eigenvalue weighted by molar-refractivity contribution is -0.384. The first-order valence-corrected chi connectivity index (χ1v) is 10.6. The zero-order valence-electron chi connectivity index (χ0n) is 18.0. The van der Waals surface area contributed by atoms with Crippen molar-refractivity contribution in [3.05, 3.63) is 82.9 Å². The Morgan fingerprint density at radius 3 is 2.62 bits per heavy atom. The standard InChI is InChI=1S/C23H24N2O9/c1-2-12-30-22-18(24-23(27)32-16-10-8-15(9-11-16)25(28)29)19(26)20-17(33-22)13-31-21(34-20)14-6-4-3-5-7-14/h2-11,17-22,26H,1,12-13H2,(H,24,27)/t17-,18-,19-,20-,21?,22+/m1/s1. The van der Waals surface area contributed by atoms with Gasteiger partial charge in [-0.2, -0.15) is 0 Å². The molecule has 0 spiro atoms. The number of fused-ring (bicyclic) bond motifs is 1. The van der Waals surface area contributed by atoms with E-state index in [1.165, 1.54) is 30.3 Å². The summed E-state index contributed by atoms with van der Waals surface area (Å²) < 4.78 is 28.5. The number of nitro groups is 1. The molecule has 2 aliphatic rings. The minimum Gasteiger partial charge on any atom is -0.410 e. The van der Waals surface area contributed by atoms with Crippen LogP contribution in [0.3, 0.4) is 0 Å². The van der Waals surface area contributed by atoms with Gasteiger partial charge >= 0.3 is 6.09 Å². The van der Waals surface area contributed by atoms with Crippen LogP contribution in [-0.2, 0) is 18.9 Å². The molecule has 11 heteroatoms. The van der Waals surface area contributed by atoms with Gasteiger partial charge < -0.3 is 34.1 Å². The van der Waals surface area contributed by atoms with Crippen LogP contribution < -0.4 is 10.1 Å². The number of non-ortho nitro benzene ring substituents is 1. The molecule has 2 N–H and O–H groups in total. The van der Waals surface area contributed by atoms with Gasteiger partial charge in [-0.15, -0.1) is 6.58 Å². The molecule has 34 heavy (non-hydrogen) atoms. The van der Waals surface area contributed by atoms with E-state index in [0.29, 0.717) is 0 Å². The van der Waals surface area contributed by atoms with Gasteiger partial charge in [0.25, 0.3) is 5.69 Å². The van der Waals surface area contributed by atoms with Crippen molar-refractivity contribution in [2.75, 3.05) is 13.2 Å². The summed E-state index contributed by atoms with van der Waals surface area (Å²) >= 11 is 0. The molecule has 0 saturated carbocycles. The monoisotopic (exact) mass is 472 g/mol. The van der Waals surface area contributed by atoms with E-state index in [1.807, 2.05) is 30.3 Å². The minimum absolute atomic E-state index is 0.0854. The molecule has 0 radical (unpaired) electrons. The van der Waals surface area contributed by atoms with Crippen LogP contribution in [0.25, 0.3) is 0 Å². The Bertz CT molecular complexity index is 1000. The number of benzene rings is 2. The van der Waals surface area contributed by atoms with E-state index < -0.39 is 48.0 Å². The van der Waals surface area contributed by atoms with E-state index in [-0.39, 0.29) is 24.7 Å². The highest BCUT2D eigenvalue weighted by molar-refractivity contribution is 5.71. The highest BCUT2D eigenvalue weighted by atomic mass is 16.7. The summed E-state index contributed by atoms with van der Waals surface area (Å²) in [5.74, 6) is 0.0854. The van der Waals surface area contributed by atoms with Crippen LogP contribution in [0, 0.1) is 10.1 Å². The van der Waals surface area contributed by atoms with Crippen LogP contribution >= 0.6 is 0 Å². The molecule has 4 rings (SSSR count). The van der Waals surface area contributed by atoms with Gasteiger partial charge in [0, 0.05) is 17.7 Å². The van der Waals surface area contributed by atoms with Gasteiger partial charge in [0.2, 0.25) is 0 Å². The van der Waals surface area contributed by atoms with Gasteiger partial charge in [-0.3, -0.25) is 10.1 Å². The Morgan fingerprint density at radius 1 is 1.21 bits per heavy atom. The zero-order chi connectivity index (χ0) is 24.1. The van der Waals surface area contributed by atoms with E-state index in [4.69, 9.17) is 23.7 Å². The number of rotatable bonds is 7. The number of aliphatic hydroxyl groups is 1. The molecular formula is C23H24N2O9. The SMILES string of the molecule is C=CCO[C@H]1O[C@@H]2COC(c3ccccc3)O[C@H]2[C@H](O)[C@H]1NC(=O)Oc1ccc([N+](=O)[O-])cc1. The fourth-order valence-electron chi connectivity index (χ4n) is 3.74. The van der Waals surface area contributed by atoms with Gasteiger partial charge in [0.15, 0.2) is 12.6 Å². The second-order valence-corrected chi connectivity index (χ2v) is 7.64. The van der Waals surface area contributed by atoms with Gasteiger partial charge in [-0.1, -0.05) is 36.4 Å². The van der Waals surface area contributed by atoms with Crippen molar-refractivity contribution >= 4 is 11.8 Å². The summed E-state index contributed by atoms with van der Waals surface area (Å²) in [4.78, 5) is 22.8. The van der Waals surface area contributed by atoms with Crippen LogP contribution in [0.4, 0.5) is 10.5 Å². The summed E-state index contributed by atoms with van der Waals surface area (Å²) in [5, 5.41) is 24.4. The van der Waals surface area contributed by atoms with Crippen molar-refractivity contribution in [1.29, 1.82) is 0 Å². The van der Waals surface area contributed by atoms with Crippen molar-refractivity contribution in [1.82, 2.24) is 5.32 Å². The average Bonchev–Trinajstić information content (AvgIpc) is 2.85. The minimum atomic E-state index is -1.21. The van der Waals surface area contributed by atoms with Crippen LogP contribution in [0.2, 0.25) is 0 Å². The van der Waals surface area contributed by atoms with Crippen molar-refractivity contribution in [3.63, 3.8) is 0 Å². The number of amides is 1. The Morgan fingerprint density at radius 2 is 1.94 bits per heavy atom. The third-order valence-corrected chi connectivity index (χ3v) is 5.36. The van der Waals surface area contributed by atoms with E-state index in [1.54, 1.807) is 0 Å². The van der Waals surface area contributed by atoms with E-state index in [9.17, 15) is 20.0 Å². The Labute approximate surface area is 195 Å². The number of nitrogens with zero attached hydrogens (tertiary/aromatic N) is 1. The summed E-state index contributed by atoms with van der Waals surface area (Å²) in [6, 6.07) is 13.2. The van der Waals surface area contributed by atoms with Gasteiger partial charge in [0.1, 0.15) is 30.1 Å². The molecule has 0 aromatic heterocycles. The first kappa shape index (κ1) is 23.8. The smallest absolute Gasteiger partial charge is 0.410 e. The van der Waals surface area contributed by atoms with E-state index in [2.05, 4.69) is 11.9 Å². The predicted octanol–water partition coefficient (Wildman–Crippen LogP) is 2.45. The fourth-order valence-corrected chi connectivity index (χ4v) is 3.74. The molecule has 2 heterocycles. The third kappa shape index (κ3) is 5.41. The Hall–Kier alpha value is -3.35. The van der Waals surface area contributed by atoms with Crippen LogP contribution in [0.15, 0.2) is 67.3 Å². The Kier molecular flexibility index (Phi) is 7.50. The highest BCUT2D eigenvalue weighted by Crippen LogP contribution is 2.34. The van der Waals surface area contributed by atoms with E-state index >= 15 is 0 Å². The topological polar surface area (TPSA) is 139 Å². The quantitative estimate of drug-likeness (QED) is 0.353. The largest absolute Gasteiger partial charge is 0.413 e. The second kappa shape index (κ2) is 10.7. The average molecular weight is 472 g/mol. The fraction of sp³-hybridized carbons (Fsp3) is 0.348. The third-order valence-electron chi connectivity index (χ3n) is 5.36. The zero-order valence-corrected chi connectivity index (χ0v) is 18.0. The molecule has 2 aliphatic heterocycles. The maximum absolute atomic E-state index is 12.5. The van der Waals surface area contributed by atoms with Crippen molar-refractivity contribution < 1.29 is 38.5 Å². The second-order valence-electron chi connectivity index (χ2n) is 7.64. The number of carbonyl (C=O) groups is 1.